The number of nitrogens with one attached hydrogen (secondary N) is 2. The molecule has 0 heterocycles. The van der Waals surface area contributed by atoms with Crippen LogP contribution in [0.1, 0.15) is 17.5 Å². The Balaban J connectivity index is 1.59. The molecule has 0 aliphatic heterocycles. The maximum absolute atomic E-state index is 11.8. The van der Waals surface area contributed by atoms with Crippen molar-refractivity contribution in [2.45, 2.75) is 19.3 Å². The number of carbonyl (C=O) groups excluding carboxylic acids is 2. The highest BCUT2D eigenvalue weighted by Gasteiger charge is 2.06. The van der Waals surface area contributed by atoms with Crippen LogP contribution in [0.2, 0.25) is 0 Å². The second-order valence-electron chi connectivity index (χ2n) is 6.45. The zero-order valence-electron chi connectivity index (χ0n) is 15.5. The molecule has 26 heavy (non-hydrogen) atoms. The van der Waals surface area contributed by atoms with Gasteiger partial charge >= 0.3 is 0 Å². The number of hydrogen-bond acceptors (Lipinski definition) is 3. The van der Waals surface area contributed by atoms with Crippen molar-refractivity contribution in [2.24, 2.45) is 0 Å². The summed E-state index contributed by atoms with van der Waals surface area (Å²) >= 11 is 0. The zero-order chi connectivity index (χ0) is 18.8. The Labute approximate surface area is 155 Å². The Morgan fingerprint density at radius 2 is 1.54 bits per heavy atom. The minimum Gasteiger partial charge on any atom is -0.378 e. The van der Waals surface area contributed by atoms with Crippen molar-refractivity contribution in [1.29, 1.82) is 0 Å². The van der Waals surface area contributed by atoms with Crippen LogP contribution in [0.15, 0.2) is 54.6 Å². The van der Waals surface area contributed by atoms with Crippen LogP contribution in [0.5, 0.6) is 0 Å². The van der Waals surface area contributed by atoms with Gasteiger partial charge in [-0.05, 0) is 36.1 Å². The number of amides is 2. The van der Waals surface area contributed by atoms with Gasteiger partial charge in [0.2, 0.25) is 11.8 Å². The van der Waals surface area contributed by atoms with Crippen LogP contribution in [-0.2, 0) is 22.4 Å². The van der Waals surface area contributed by atoms with Crippen molar-refractivity contribution >= 4 is 17.5 Å². The molecule has 2 N–H and O–H groups in total. The van der Waals surface area contributed by atoms with Gasteiger partial charge in [-0.3, -0.25) is 9.59 Å². The van der Waals surface area contributed by atoms with Crippen LogP contribution in [0.25, 0.3) is 0 Å². The maximum atomic E-state index is 11.8. The number of benzene rings is 2. The van der Waals surface area contributed by atoms with Gasteiger partial charge in [-0.1, -0.05) is 42.5 Å². The molecular weight excluding hydrogens is 326 g/mol. The summed E-state index contributed by atoms with van der Waals surface area (Å²) < 4.78 is 0. The summed E-state index contributed by atoms with van der Waals surface area (Å²) in [6.07, 6.45) is 2.07. The molecule has 2 rings (SSSR count). The number of carbonyl (C=O) groups is 2. The van der Waals surface area contributed by atoms with E-state index in [9.17, 15) is 9.59 Å². The topological polar surface area (TPSA) is 61.4 Å². The molecule has 2 amide bonds. The summed E-state index contributed by atoms with van der Waals surface area (Å²) in [7, 11) is 4.03. The molecule has 0 fully saturated rings. The third-order valence-corrected chi connectivity index (χ3v) is 4.07. The van der Waals surface area contributed by atoms with Gasteiger partial charge in [0.05, 0.1) is 13.0 Å². The first kappa shape index (κ1) is 19.5. The van der Waals surface area contributed by atoms with Crippen molar-refractivity contribution in [2.75, 3.05) is 32.1 Å². The molecule has 2 aromatic rings. The molecule has 0 atom stereocenters. The molecular formula is C21H27N3O2. The first-order valence-corrected chi connectivity index (χ1v) is 8.88. The van der Waals surface area contributed by atoms with Crippen molar-refractivity contribution in [3.8, 4) is 0 Å². The number of nitrogens with zero attached hydrogens (tertiary/aromatic N) is 1. The van der Waals surface area contributed by atoms with Crippen LogP contribution in [-0.4, -0.2) is 39.0 Å². The summed E-state index contributed by atoms with van der Waals surface area (Å²) in [5, 5.41) is 5.49. The molecule has 2 aromatic carbocycles. The highest BCUT2D eigenvalue weighted by molar-refractivity contribution is 5.85. The quantitative estimate of drug-likeness (QED) is 0.679. The molecule has 0 saturated carbocycles. The van der Waals surface area contributed by atoms with E-state index in [2.05, 4.69) is 39.8 Å². The van der Waals surface area contributed by atoms with Gasteiger partial charge in [-0.25, -0.2) is 0 Å². The fourth-order valence-electron chi connectivity index (χ4n) is 2.57. The van der Waals surface area contributed by atoms with Gasteiger partial charge in [0.15, 0.2) is 0 Å². The third-order valence-electron chi connectivity index (χ3n) is 4.07. The number of aryl methyl sites for hydroxylation is 1. The fourth-order valence-corrected chi connectivity index (χ4v) is 2.57. The van der Waals surface area contributed by atoms with Crippen LogP contribution in [0, 0.1) is 0 Å². The SMILES string of the molecule is CN(C)c1ccc(CCCNC(=O)CNC(=O)Cc2ccccc2)cc1. The van der Waals surface area contributed by atoms with E-state index in [1.807, 2.05) is 44.4 Å². The van der Waals surface area contributed by atoms with E-state index >= 15 is 0 Å². The zero-order valence-corrected chi connectivity index (χ0v) is 15.5. The first-order valence-electron chi connectivity index (χ1n) is 8.88. The van der Waals surface area contributed by atoms with Crippen molar-refractivity contribution < 1.29 is 9.59 Å². The van der Waals surface area contributed by atoms with E-state index < -0.39 is 0 Å². The van der Waals surface area contributed by atoms with E-state index in [1.165, 1.54) is 11.3 Å². The molecule has 0 saturated heterocycles. The smallest absolute Gasteiger partial charge is 0.239 e. The summed E-state index contributed by atoms with van der Waals surface area (Å²) in [5.41, 5.74) is 3.36. The molecule has 0 aliphatic rings. The first-order chi connectivity index (χ1) is 12.5. The second kappa shape index (κ2) is 10.2. The third kappa shape index (κ3) is 6.97. The Kier molecular flexibility index (Phi) is 7.68. The molecule has 5 nitrogen and oxygen atoms in total. The normalized spacial score (nSPS) is 10.2. The molecule has 138 valence electrons. The Morgan fingerprint density at radius 1 is 0.846 bits per heavy atom. The van der Waals surface area contributed by atoms with Gasteiger partial charge in [0.1, 0.15) is 0 Å². The van der Waals surface area contributed by atoms with E-state index in [0.717, 1.165) is 18.4 Å². The second-order valence-corrected chi connectivity index (χ2v) is 6.45. The number of hydrogen-bond donors (Lipinski definition) is 2. The lowest BCUT2D eigenvalue weighted by atomic mass is 10.1. The minimum atomic E-state index is -0.158. The van der Waals surface area contributed by atoms with Crippen LogP contribution < -0.4 is 15.5 Å². The monoisotopic (exact) mass is 353 g/mol. The number of anilines is 1. The van der Waals surface area contributed by atoms with Crippen LogP contribution in [0.4, 0.5) is 5.69 Å². The predicted octanol–water partition coefficient (Wildman–Crippen LogP) is 2.16. The summed E-state index contributed by atoms with van der Waals surface area (Å²) in [5.74, 6) is -0.304. The largest absolute Gasteiger partial charge is 0.378 e. The van der Waals surface area contributed by atoms with Gasteiger partial charge in [-0.2, -0.15) is 0 Å². The Morgan fingerprint density at radius 3 is 2.19 bits per heavy atom. The van der Waals surface area contributed by atoms with E-state index in [1.54, 1.807) is 0 Å². The van der Waals surface area contributed by atoms with Crippen molar-refractivity contribution in [3.63, 3.8) is 0 Å². The van der Waals surface area contributed by atoms with Gasteiger partial charge < -0.3 is 15.5 Å². The lowest BCUT2D eigenvalue weighted by Gasteiger charge is -2.12. The van der Waals surface area contributed by atoms with Crippen LogP contribution in [0.3, 0.4) is 0 Å². The molecule has 0 aliphatic carbocycles. The van der Waals surface area contributed by atoms with Gasteiger partial charge in [0.25, 0.3) is 0 Å². The van der Waals surface area contributed by atoms with Gasteiger partial charge in [0, 0.05) is 26.3 Å². The minimum absolute atomic E-state index is 0.0171. The lowest BCUT2D eigenvalue weighted by Crippen LogP contribution is -2.38. The average molecular weight is 353 g/mol. The molecule has 0 bridgehead atoms. The summed E-state index contributed by atoms with van der Waals surface area (Å²) in [4.78, 5) is 25.7. The van der Waals surface area contributed by atoms with E-state index in [0.29, 0.717) is 6.54 Å². The predicted molar refractivity (Wildman–Crippen MR) is 105 cm³/mol. The average Bonchev–Trinajstić information content (AvgIpc) is 2.65. The van der Waals surface area contributed by atoms with E-state index in [-0.39, 0.29) is 24.8 Å². The highest BCUT2D eigenvalue weighted by atomic mass is 16.2. The lowest BCUT2D eigenvalue weighted by molar-refractivity contribution is -0.125. The van der Waals surface area contributed by atoms with Crippen molar-refractivity contribution in [1.82, 2.24) is 10.6 Å². The fraction of sp³-hybridized carbons (Fsp3) is 0.333. The Hall–Kier alpha value is -2.82. The Bertz CT molecular complexity index is 697. The highest BCUT2D eigenvalue weighted by Crippen LogP contribution is 2.13. The molecule has 0 spiro atoms. The maximum Gasteiger partial charge on any atom is 0.239 e. The van der Waals surface area contributed by atoms with E-state index in [4.69, 9.17) is 0 Å². The molecule has 0 radical (unpaired) electrons. The van der Waals surface area contributed by atoms with Crippen molar-refractivity contribution in [3.05, 3.63) is 65.7 Å². The molecule has 0 aromatic heterocycles. The van der Waals surface area contributed by atoms with Gasteiger partial charge in [-0.15, -0.1) is 0 Å². The number of rotatable bonds is 9. The molecule has 5 heteroatoms. The summed E-state index contributed by atoms with van der Waals surface area (Å²) in [6, 6.07) is 17.9. The van der Waals surface area contributed by atoms with Crippen LogP contribution >= 0.6 is 0 Å². The standard InChI is InChI=1S/C21H27N3O2/c1-24(2)19-12-10-17(11-13-19)9-6-14-22-21(26)16-23-20(25)15-18-7-4-3-5-8-18/h3-5,7-8,10-13H,6,9,14-16H2,1-2H3,(H,22,26)(H,23,25). The molecule has 0 unspecified atom stereocenters. The summed E-state index contributed by atoms with van der Waals surface area (Å²) in [6.45, 7) is 0.617.